The summed E-state index contributed by atoms with van der Waals surface area (Å²) in [5.41, 5.74) is 4.69. The molecule has 176 valence electrons. The van der Waals surface area contributed by atoms with E-state index < -0.39 is 12.1 Å². The molecule has 0 heterocycles. The first-order chi connectivity index (χ1) is 15.9. The lowest BCUT2D eigenvalue weighted by Gasteiger charge is -2.21. The molecule has 0 aliphatic heterocycles. The van der Waals surface area contributed by atoms with Gasteiger partial charge in [-0.25, -0.2) is 4.79 Å². The Morgan fingerprint density at radius 1 is 1.06 bits per heavy atom. The first-order valence-corrected chi connectivity index (χ1v) is 11.5. The molecule has 2 aromatic carbocycles. The summed E-state index contributed by atoms with van der Waals surface area (Å²) in [6, 6.07) is 16.4. The molecule has 0 aromatic heterocycles. The Kier molecular flexibility index (Phi) is 8.46. The van der Waals surface area contributed by atoms with Crippen LogP contribution in [-0.4, -0.2) is 54.2 Å². The molecular formula is C26H32N2O5. The fourth-order valence-electron chi connectivity index (χ4n) is 4.26. The third kappa shape index (κ3) is 6.34. The molecule has 2 amide bonds. The summed E-state index contributed by atoms with van der Waals surface area (Å²) in [6.45, 7) is 4.64. The van der Waals surface area contributed by atoms with Crippen LogP contribution in [0.3, 0.4) is 0 Å². The van der Waals surface area contributed by atoms with Crippen LogP contribution in [-0.2, 0) is 14.3 Å². The fourth-order valence-corrected chi connectivity index (χ4v) is 4.26. The summed E-state index contributed by atoms with van der Waals surface area (Å²) in [5.74, 6) is -1.12. The highest BCUT2D eigenvalue weighted by Crippen LogP contribution is 2.44. The largest absolute Gasteiger partial charge is 0.480 e. The third-order valence-corrected chi connectivity index (χ3v) is 5.96. The number of hydrogen-bond donors (Lipinski definition) is 2. The molecular weight excluding hydrogens is 420 g/mol. The van der Waals surface area contributed by atoms with Crippen LogP contribution < -0.4 is 5.32 Å². The molecule has 2 aromatic rings. The van der Waals surface area contributed by atoms with Crippen LogP contribution in [0.1, 0.15) is 50.2 Å². The lowest BCUT2D eigenvalue weighted by molar-refractivity contribution is -0.144. The summed E-state index contributed by atoms with van der Waals surface area (Å²) >= 11 is 0. The molecule has 1 atom stereocenters. The lowest BCUT2D eigenvalue weighted by Crippen LogP contribution is -2.36. The van der Waals surface area contributed by atoms with Gasteiger partial charge < -0.3 is 20.1 Å². The number of aliphatic carboxylic acids is 1. The average Bonchev–Trinajstić information content (AvgIpc) is 3.13. The Morgan fingerprint density at radius 3 is 2.24 bits per heavy atom. The molecule has 2 N–H and O–H groups in total. The zero-order valence-electron chi connectivity index (χ0n) is 19.3. The minimum atomic E-state index is -1.01. The SMILES string of the molecule is CCCN(CC(=O)O)C(=O)CCC(C)CNC(=O)OCC1c2ccccc2-c2ccccc21. The van der Waals surface area contributed by atoms with Gasteiger partial charge in [0, 0.05) is 25.4 Å². The summed E-state index contributed by atoms with van der Waals surface area (Å²) in [7, 11) is 0. The number of alkyl carbamates (subject to hydrolysis) is 1. The van der Waals surface area contributed by atoms with Gasteiger partial charge in [0.1, 0.15) is 13.2 Å². The number of nitrogens with one attached hydrogen (secondary N) is 1. The van der Waals surface area contributed by atoms with Crippen molar-refractivity contribution in [1.29, 1.82) is 0 Å². The molecule has 1 unspecified atom stereocenters. The van der Waals surface area contributed by atoms with Crippen LogP contribution in [0.2, 0.25) is 0 Å². The van der Waals surface area contributed by atoms with Gasteiger partial charge in [-0.3, -0.25) is 9.59 Å². The van der Waals surface area contributed by atoms with Gasteiger partial charge in [0.2, 0.25) is 5.91 Å². The summed E-state index contributed by atoms with van der Waals surface area (Å²) in [6.07, 6.45) is 1.04. The van der Waals surface area contributed by atoms with Crippen molar-refractivity contribution in [3.05, 3.63) is 59.7 Å². The minimum Gasteiger partial charge on any atom is -0.480 e. The van der Waals surface area contributed by atoms with E-state index in [4.69, 9.17) is 9.84 Å². The van der Waals surface area contributed by atoms with Crippen molar-refractivity contribution in [2.45, 2.75) is 39.0 Å². The number of hydrogen-bond acceptors (Lipinski definition) is 4. The number of nitrogens with zero attached hydrogens (tertiary/aromatic N) is 1. The summed E-state index contributed by atoms with van der Waals surface area (Å²) in [4.78, 5) is 36.9. The molecule has 7 nitrogen and oxygen atoms in total. The Labute approximate surface area is 194 Å². The number of benzene rings is 2. The van der Waals surface area contributed by atoms with Gasteiger partial charge in [0.25, 0.3) is 0 Å². The molecule has 0 saturated carbocycles. The number of ether oxygens (including phenoxy) is 1. The van der Waals surface area contributed by atoms with Gasteiger partial charge in [-0.2, -0.15) is 0 Å². The first kappa shape index (κ1) is 24.3. The third-order valence-electron chi connectivity index (χ3n) is 5.96. The van der Waals surface area contributed by atoms with Gasteiger partial charge in [-0.1, -0.05) is 62.4 Å². The number of fused-ring (bicyclic) bond motifs is 3. The molecule has 0 bridgehead atoms. The van der Waals surface area contributed by atoms with Gasteiger partial charge in [-0.05, 0) is 41.0 Å². The highest BCUT2D eigenvalue weighted by Gasteiger charge is 2.29. The van der Waals surface area contributed by atoms with E-state index >= 15 is 0 Å². The molecule has 3 rings (SSSR count). The lowest BCUT2D eigenvalue weighted by atomic mass is 9.98. The molecule has 0 radical (unpaired) electrons. The monoisotopic (exact) mass is 452 g/mol. The van der Waals surface area contributed by atoms with Crippen LogP contribution >= 0.6 is 0 Å². The second-order valence-electron chi connectivity index (χ2n) is 8.56. The normalized spacial score (nSPS) is 13.0. The van der Waals surface area contributed by atoms with Crippen molar-refractivity contribution in [3.63, 3.8) is 0 Å². The van der Waals surface area contributed by atoms with Crippen molar-refractivity contribution >= 4 is 18.0 Å². The topological polar surface area (TPSA) is 95.9 Å². The van der Waals surface area contributed by atoms with Crippen LogP contribution in [0.5, 0.6) is 0 Å². The molecule has 1 aliphatic rings. The second-order valence-corrected chi connectivity index (χ2v) is 8.56. The van der Waals surface area contributed by atoms with E-state index in [1.807, 2.05) is 38.1 Å². The van der Waals surface area contributed by atoms with Crippen LogP contribution in [0.4, 0.5) is 4.79 Å². The standard InChI is InChI=1S/C26H32N2O5/c1-3-14-28(16-25(30)31)24(29)13-12-18(2)15-27-26(32)33-17-23-21-10-6-4-8-19(21)20-9-5-7-11-22(20)23/h4-11,18,23H,3,12-17H2,1-2H3,(H,27,32)(H,30,31). The van der Waals surface area contributed by atoms with Crippen molar-refractivity contribution < 1.29 is 24.2 Å². The van der Waals surface area contributed by atoms with Crippen LogP contribution in [0, 0.1) is 5.92 Å². The van der Waals surface area contributed by atoms with E-state index in [9.17, 15) is 14.4 Å². The number of amides is 2. The zero-order valence-corrected chi connectivity index (χ0v) is 19.3. The van der Waals surface area contributed by atoms with E-state index in [0.29, 0.717) is 25.9 Å². The van der Waals surface area contributed by atoms with Crippen LogP contribution in [0.25, 0.3) is 11.1 Å². The van der Waals surface area contributed by atoms with Gasteiger partial charge >= 0.3 is 12.1 Å². The predicted molar refractivity (Wildman–Crippen MR) is 126 cm³/mol. The number of carbonyl (C=O) groups excluding carboxylic acids is 2. The van der Waals surface area contributed by atoms with E-state index in [1.54, 1.807) is 0 Å². The molecule has 0 fully saturated rings. The molecule has 0 saturated heterocycles. The molecule has 0 spiro atoms. The van der Waals surface area contributed by atoms with Crippen molar-refractivity contribution in [2.24, 2.45) is 5.92 Å². The molecule has 33 heavy (non-hydrogen) atoms. The Morgan fingerprint density at radius 2 is 1.67 bits per heavy atom. The summed E-state index contributed by atoms with van der Waals surface area (Å²) in [5, 5.41) is 11.7. The van der Waals surface area contributed by atoms with E-state index in [0.717, 1.165) is 11.1 Å². The van der Waals surface area contributed by atoms with E-state index in [1.165, 1.54) is 16.0 Å². The van der Waals surface area contributed by atoms with Crippen LogP contribution in [0.15, 0.2) is 48.5 Å². The fraction of sp³-hybridized carbons (Fsp3) is 0.423. The molecule has 7 heteroatoms. The molecule has 1 aliphatic carbocycles. The number of carboxylic acids is 1. The first-order valence-electron chi connectivity index (χ1n) is 11.5. The minimum absolute atomic E-state index is 0.0111. The number of carbonyl (C=O) groups is 3. The van der Waals surface area contributed by atoms with Crippen molar-refractivity contribution in [2.75, 3.05) is 26.2 Å². The predicted octanol–water partition coefficient (Wildman–Crippen LogP) is 4.26. The van der Waals surface area contributed by atoms with Crippen molar-refractivity contribution in [3.8, 4) is 11.1 Å². The average molecular weight is 453 g/mol. The number of rotatable bonds is 11. The highest BCUT2D eigenvalue weighted by molar-refractivity contribution is 5.81. The summed E-state index contributed by atoms with van der Waals surface area (Å²) < 4.78 is 5.54. The van der Waals surface area contributed by atoms with E-state index in [-0.39, 0.29) is 37.3 Å². The highest BCUT2D eigenvalue weighted by atomic mass is 16.5. The quantitative estimate of drug-likeness (QED) is 0.531. The van der Waals surface area contributed by atoms with Crippen molar-refractivity contribution in [1.82, 2.24) is 10.2 Å². The maximum Gasteiger partial charge on any atom is 0.407 e. The smallest absolute Gasteiger partial charge is 0.407 e. The Bertz CT molecular complexity index is 945. The Hall–Kier alpha value is -3.35. The second kappa shape index (κ2) is 11.5. The van der Waals surface area contributed by atoms with Gasteiger partial charge in [0.05, 0.1) is 0 Å². The van der Waals surface area contributed by atoms with Gasteiger partial charge in [-0.15, -0.1) is 0 Å². The maximum atomic E-state index is 12.3. The number of carboxylic acid groups (broad SMARTS) is 1. The van der Waals surface area contributed by atoms with Gasteiger partial charge in [0.15, 0.2) is 0 Å². The van der Waals surface area contributed by atoms with E-state index in [2.05, 4.69) is 29.6 Å². The Balaban J connectivity index is 1.44. The zero-order chi connectivity index (χ0) is 23.8. The maximum absolute atomic E-state index is 12.3.